The molecule has 0 bridgehead atoms. The maximum absolute atomic E-state index is 11.8. The summed E-state index contributed by atoms with van der Waals surface area (Å²) in [5.74, 6) is 0.00418. The van der Waals surface area contributed by atoms with Crippen molar-refractivity contribution < 1.29 is 19.6 Å². The highest BCUT2D eigenvalue weighted by atomic mass is 16.6. The second kappa shape index (κ2) is 8.11. The molecule has 0 saturated heterocycles. The van der Waals surface area contributed by atoms with E-state index in [-0.39, 0.29) is 23.6 Å². The van der Waals surface area contributed by atoms with E-state index in [0.29, 0.717) is 11.3 Å². The summed E-state index contributed by atoms with van der Waals surface area (Å²) in [7, 11) is 0. The molecule has 2 N–H and O–H groups in total. The number of non-ortho nitro benzene ring substituents is 1. The topological polar surface area (TPSA) is 114 Å². The molecule has 0 aromatic heterocycles. The molecule has 0 fully saturated rings. The molecule has 136 valence electrons. The van der Waals surface area contributed by atoms with E-state index >= 15 is 0 Å². The highest BCUT2D eigenvalue weighted by Crippen LogP contribution is 2.26. The van der Waals surface area contributed by atoms with E-state index in [1.807, 2.05) is 32.0 Å². The van der Waals surface area contributed by atoms with E-state index in [1.54, 1.807) is 0 Å². The average molecular weight is 357 g/mol. The molecule has 0 radical (unpaired) electrons. The molecule has 26 heavy (non-hydrogen) atoms. The Morgan fingerprint density at radius 2 is 1.92 bits per heavy atom. The van der Waals surface area contributed by atoms with Gasteiger partial charge in [-0.15, -0.1) is 0 Å². The van der Waals surface area contributed by atoms with E-state index < -0.39 is 10.8 Å². The summed E-state index contributed by atoms with van der Waals surface area (Å²) in [5.41, 5.74) is 4.39. The molecule has 8 heteroatoms. The number of aromatic hydroxyl groups is 1. The Labute approximate surface area is 150 Å². The van der Waals surface area contributed by atoms with Crippen LogP contribution in [0.1, 0.15) is 22.3 Å². The van der Waals surface area contributed by atoms with Gasteiger partial charge in [-0.1, -0.05) is 18.2 Å². The predicted octanol–water partition coefficient (Wildman–Crippen LogP) is 2.75. The van der Waals surface area contributed by atoms with Crippen molar-refractivity contribution in [2.45, 2.75) is 20.8 Å². The Bertz CT molecular complexity index is 857. The molecule has 0 atom stereocenters. The highest BCUT2D eigenvalue weighted by molar-refractivity contribution is 5.87. The van der Waals surface area contributed by atoms with Gasteiger partial charge in [0.1, 0.15) is 11.5 Å². The standard InChI is InChI=1S/C18H19N3O5/c1-11-5-4-6-12(2)18(11)26-10-16(22)20-19-9-14-8-15(21(24)25)7-13(3)17(14)23/h4-9,23H,10H2,1-3H3,(H,20,22). The summed E-state index contributed by atoms with van der Waals surface area (Å²) >= 11 is 0. The maximum Gasteiger partial charge on any atom is 0.277 e. The van der Waals surface area contributed by atoms with Gasteiger partial charge in [0.25, 0.3) is 11.6 Å². The van der Waals surface area contributed by atoms with Gasteiger partial charge >= 0.3 is 0 Å². The van der Waals surface area contributed by atoms with Crippen molar-refractivity contribution in [2.24, 2.45) is 5.10 Å². The number of hydrogen-bond acceptors (Lipinski definition) is 6. The van der Waals surface area contributed by atoms with Crippen LogP contribution < -0.4 is 10.2 Å². The minimum Gasteiger partial charge on any atom is -0.507 e. The monoisotopic (exact) mass is 357 g/mol. The smallest absolute Gasteiger partial charge is 0.277 e. The van der Waals surface area contributed by atoms with Crippen LogP contribution in [0.4, 0.5) is 5.69 Å². The maximum atomic E-state index is 11.8. The van der Waals surface area contributed by atoms with Gasteiger partial charge in [0, 0.05) is 17.7 Å². The zero-order valence-corrected chi connectivity index (χ0v) is 14.6. The lowest BCUT2D eigenvalue weighted by Crippen LogP contribution is -2.25. The molecule has 2 rings (SSSR count). The molecule has 2 aromatic rings. The number of hydrogen-bond donors (Lipinski definition) is 2. The number of rotatable bonds is 6. The third-order valence-corrected chi connectivity index (χ3v) is 3.67. The molecule has 2 aromatic carbocycles. The van der Waals surface area contributed by atoms with Crippen LogP contribution in [0.3, 0.4) is 0 Å². The Hall–Kier alpha value is -3.42. The number of phenols is 1. The highest BCUT2D eigenvalue weighted by Gasteiger charge is 2.13. The van der Waals surface area contributed by atoms with Gasteiger partial charge in [-0.25, -0.2) is 5.43 Å². The number of ether oxygens (including phenoxy) is 1. The summed E-state index contributed by atoms with van der Waals surface area (Å²) < 4.78 is 5.50. The number of nitro benzene ring substituents is 1. The fourth-order valence-electron chi connectivity index (χ4n) is 2.36. The Kier molecular flexibility index (Phi) is 5.90. The van der Waals surface area contributed by atoms with Gasteiger partial charge in [0.2, 0.25) is 0 Å². The zero-order valence-electron chi connectivity index (χ0n) is 14.6. The van der Waals surface area contributed by atoms with Crippen molar-refractivity contribution in [3.05, 3.63) is 62.7 Å². The van der Waals surface area contributed by atoms with Crippen molar-refractivity contribution >= 4 is 17.8 Å². The van der Waals surface area contributed by atoms with Gasteiger partial charge < -0.3 is 9.84 Å². The predicted molar refractivity (Wildman–Crippen MR) is 96.6 cm³/mol. The van der Waals surface area contributed by atoms with Crippen molar-refractivity contribution in [3.63, 3.8) is 0 Å². The van der Waals surface area contributed by atoms with Gasteiger partial charge in [-0.3, -0.25) is 14.9 Å². The Morgan fingerprint density at radius 3 is 2.54 bits per heavy atom. The SMILES string of the molecule is Cc1cc([N+](=O)[O-])cc(C=NNC(=O)COc2c(C)cccc2C)c1O. The van der Waals surface area contributed by atoms with Crippen LogP contribution in [-0.4, -0.2) is 28.8 Å². The molecule has 1 amide bonds. The third-order valence-electron chi connectivity index (χ3n) is 3.67. The molecule has 8 nitrogen and oxygen atoms in total. The molecule has 0 heterocycles. The Morgan fingerprint density at radius 1 is 1.27 bits per heavy atom. The molecule has 0 unspecified atom stereocenters. The van der Waals surface area contributed by atoms with Crippen molar-refractivity contribution in [3.8, 4) is 11.5 Å². The number of aryl methyl sites for hydroxylation is 3. The average Bonchev–Trinajstić information content (AvgIpc) is 2.57. The minimum atomic E-state index is -0.569. The second-order valence-corrected chi connectivity index (χ2v) is 5.76. The number of carbonyl (C=O) groups is 1. The Balaban J connectivity index is 2.00. The number of nitro groups is 1. The van der Waals surface area contributed by atoms with Crippen molar-refractivity contribution in [2.75, 3.05) is 6.61 Å². The van der Waals surface area contributed by atoms with E-state index in [0.717, 1.165) is 17.3 Å². The number of nitrogens with zero attached hydrogens (tertiary/aromatic N) is 2. The molecule has 0 aliphatic rings. The molecule has 0 aliphatic carbocycles. The molecule has 0 aliphatic heterocycles. The van der Waals surface area contributed by atoms with Crippen LogP contribution in [0.25, 0.3) is 0 Å². The molecular formula is C18H19N3O5. The summed E-state index contributed by atoms with van der Waals surface area (Å²) in [6.45, 7) is 5.07. The van der Waals surface area contributed by atoms with Crippen LogP contribution >= 0.6 is 0 Å². The van der Waals surface area contributed by atoms with Gasteiger partial charge in [-0.2, -0.15) is 5.10 Å². The summed E-state index contributed by atoms with van der Waals surface area (Å²) in [6.07, 6.45) is 1.15. The van der Waals surface area contributed by atoms with Gasteiger partial charge in [-0.05, 0) is 37.5 Å². The lowest BCUT2D eigenvalue weighted by atomic mass is 10.1. The fraction of sp³-hybridized carbons (Fsp3) is 0.222. The number of hydrazone groups is 1. The first-order chi connectivity index (χ1) is 12.3. The second-order valence-electron chi connectivity index (χ2n) is 5.76. The van der Waals surface area contributed by atoms with E-state index in [9.17, 15) is 20.0 Å². The van der Waals surface area contributed by atoms with E-state index in [2.05, 4.69) is 10.5 Å². The first kappa shape index (κ1) is 18.9. The normalized spacial score (nSPS) is 10.7. The summed E-state index contributed by atoms with van der Waals surface area (Å²) in [5, 5.41) is 24.5. The number of phenolic OH excluding ortho intramolecular Hbond substituents is 1. The molecule has 0 saturated carbocycles. The quantitative estimate of drug-likeness (QED) is 0.469. The largest absolute Gasteiger partial charge is 0.507 e. The number of para-hydroxylation sites is 1. The van der Waals surface area contributed by atoms with Gasteiger partial charge in [0.15, 0.2) is 6.61 Å². The minimum absolute atomic E-state index is 0.132. The number of amides is 1. The fourth-order valence-corrected chi connectivity index (χ4v) is 2.36. The first-order valence-corrected chi connectivity index (χ1v) is 7.78. The number of benzene rings is 2. The summed E-state index contributed by atoms with van der Waals surface area (Å²) in [4.78, 5) is 22.1. The zero-order chi connectivity index (χ0) is 19.3. The van der Waals surface area contributed by atoms with Crippen LogP contribution in [0.15, 0.2) is 35.4 Å². The molecular weight excluding hydrogens is 338 g/mol. The van der Waals surface area contributed by atoms with Crippen molar-refractivity contribution in [1.82, 2.24) is 5.43 Å². The van der Waals surface area contributed by atoms with E-state index in [4.69, 9.17) is 4.74 Å². The molecule has 0 spiro atoms. The van der Waals surface area contributed by atoms with Crippen LogP contribution in [0.2, 0.25) is 0 Å². The first-order valence-electron chi connectivity index (χ1n) is 7.78. The lowest BCUT2D eigenvalue weighted by Gasteiger charge is -2.10. The van der Waals surface area contributed by atoms with Crippen LogP contribution in [0.5, 0.6) is 11.5 Å². The number of nitrogens with one attached hydrogen (secondary N) is 1. The number of carbonyl (C=O) groups excluding carboxylic acids is 1. The van der Waals surface area contributed by atoms with Gasteiger partial charge in [0.05, 0.1) is 11.1 Å². The summed E-state index contributed by atoms with van der Waals surface area (Å²) in [6, 6.07) is 8.09. The van der Waals surface area contributed by atoms with Crippen molar-refractivity contribution in [1.29, 1.82) is 0 Å². The van der Waals surface area contributed by atoms with Crippen LogP contribution in [0, 0.1) is 30.9 Å². The lowest BCUT2D eigenvalue weighted by molar-refractivity contribution is -0.384. The third kappa shape index (κ3) is 4.56. The van der Waals surface area contributed by atoms with Crippen LogP contribution in [-0.2, 0) is 4.79 Å². The van der Waals surface area contributed by atoms with E-state index in [1.165, 1.54) is 19.1 Å².